The Hall–Kier alpha value is -1.39. The average molecular weight is 365 g/mol. The van der Waals surface area contributed by atoms with E-state index in [0.29, 0.717) is 19.5 Å². The Kier molecular flexibility index (Phi) is 8.43. The first-order valence-corrected chi connectivity index (χ1v) is 9.67. The Morgan fingerprint density at radius 1 is 1.21 bits per heavy atom. The molecule has 1 fully saturated rings. The number of ether oxygens (including phenoxy) is 1. The maximum atomic E-state index is 12.2. The molecule has 1 saturated heterocycles. The van der Waals surface area contributed by atoms with Gasteiger partial charge in [0, 0.05) is 39.1 Å². The Balaban J connectivity index is 2.32. The Morgan fingerprint density at radius 3 is 2.38 bits per heavy atom. The van der Waals surface area contributed by atoms with Crippen LogP contribution in [0.3, 0.4) is 0 Å². The first-order valence-electron chi connectivity index (χ1n) is 8.06. The van der Waals surface area contributed by atoms with E-state index in [1.165, 1.54) is 9.21 Å². The van der Waals surface area contributed by atoms with E-state index in [2.05, 4.69) is 5.32 Å². The number of amides is 2. The molecule has 24 heavy (non-hydrogen) atoms. The quantitative estimate of drug-likeness (QED) is 0.553. The molecule has 0 aromatic carbocycles. The van der Waals surface area contributed by atoms with Crippen LogP contribution >= 0.6 is 0 Å². The van der Waals surface area contributed by atoms with Gasteiger partial charge in [-0.1, -0.05) is 0 Å². The van der Waals surface area contributed by atoms with E-state index in [1.54, 1.807) is 0 Å². The Bertz CT molecular complexity index is 515. The van der Waals surface area contributed by atoms with E-state index in [0.717, 1.165) is 0 Å². The lowest BCUT2D eigenvalue weighted by atomic mass is 10.3. The van der Waals surface area contributed by atoms with E-state index in [1.807, 2.05) is 13.8 Å². The van der Waals surface area contributed by atoms with Gasteiger partial charge in [-0.05, 0) is 20.3 Å². The predicted octanol–water partition coefficient (Wildman–Crippen LogP) is -0.0668. The third kappa shape index (κ3) is 7.45. The molecule has 9 nitrogen and oxygen atoms in total. The molecule has 0 unspecified atom stereocenters. The van der Waals surface area contributed by atoms with E-state index in [-0.39, 0.29) is 50.5 Å². The minimum Gasteiger partial charge on any atom is -0.481 e. The van der Waals surface area contributed by atoms with Crippen molar-refractivity contribution < 1.29 is 27.9 Å². The van der Waals surface area contributed by atoms with Gasteiger partial charge in [0.2, 0.25) is 10.0 Å². The summed E-state index contributed by atoms with van der Waals surface area (Å²) in [5.74, 6) is -0.962. The standard InChI is InChI=1S/C14H27N3O6S/c1-12(2)23-10-11-24(21,22)17-8-6-16(7-9-17)14(20)15-5-3-4-13(18)19/h12H,3-11H2,1-2H3,(H,15,20)(H,18,19). The van der Waals surface area contributed by atoms with Crippen molar-refractivity contribution in [2.24, 2.45) is 0 Å². The highest BCUT2D eigenvalue weighted by Gasteiger charge is 2.28. The summed E-state index contributed by atoms with van der Waals surface area (Å²) in [5.41, 5.74) is 0. The SMILES string of the molecule is CC(C)OCCS(=O)(=O)N1CCN(C(=O)NCCCC(=O)O)CC1. The van der Waals surface area contributed by atoms with Crippen LogP contribution in [0.15, 0.2) is 0 Å². The molecule has 140 valence electrons. The Labute approximate surface area is 143 Å². The second-order valence-corrected chi connectivity index (χ2v) is 7.94. The molecule has 10 heteroatoms. The van der Waals surface area contributed by atoms with Gasteiger partial charge in [0.25, 0.3) is 0 Å². The highest BCUT2D eigenvalue weighted by Crippen LogP contribution is 2.09. The second-order valence-electron chi connectivity index (χ2n) is 5.85. The topological polar surface area (TPSA) is 116 Å². The number of carboxylic acid groups (broad SMARTS) is 1. The maximum absolute atomic E-state index is 12.2. The molecular weight excluding hydrogens is 338 g/mol. The summed E-state index contributed by atoms with van der Waals surface area (Å²) in [7, 11) is -3.37. The summed E-state index contributed by atoms with van der Waals surface area (Å²) in [6.45, 7) is 5.28. The van der Waals surface area contributed by atoms with Gasteiger partial charge in [-0.15, -0.1) is 0 Å². The van der Waals surface area contributed by atoms with Crippen molar-refractivity contribution in [3.8, 4) is 0 Å². The zero-order valence-electron chi connectivity index (χ0n) is 14.2. The number of carboxylic acids is 1. The van der Waals surface area contributed by atoms with Gasteiger partial charge in [-0.25, -0.2) is 13.2 Å². The summed E-state index contributed by atoms with van der Waals surface area (Å²) < 4.78 is 31.0. The van der Waals surface area contributed by atoms with Crippen LogP contribution < -0.4 is 5.32 Å². The van der Waals surface area contributed by atoms with Gasteiger partial charge >= 0.3 is 12.0 Å². The summed E-state index contributed by atoms with van der Waals surface area (Å²) in [4.78, 5) is 23.9. The van der Waals surface area contributed by atoms with Crippen molar-refractivity contribution >= 4 is 22.0 Å². The number of nitrogens with zero attached hydrogens (tertiary/aromatic N) is 2. The summed E-state index contributed by atoms with van der Waals surface area (Å²) >= 11 is 0. The lowest BCUT2D eigenvalue weighted by molar-refractivity contribution is -0.137. The fraction of sp³-hybridized carbons (Fsp3) is 0.857. The first kappa shape index (κ1) is 20.7. The molecular formula is C14H27N3O6S. The van der Waals surface area contributed by atoms with Gasteiger partial charge in [-0.3, -0.25) is 4.79 Å². The summed E-state index contributed by atoms with van der Waals surface area (Å²) in [6, 6.07) is -0.291. The number of hydrogen-bond donors (Lipinski definition) is 2. The molecule has 0 atom stereocenters. The smallest absolute Gasteiger partial charge is 0.317 e. The summed E-state index contributed by atoms with van der Waals surface area (Å²) in [5, 5.41) is 11.2. The van der Waals surface area contributed by atoms with Crippen molar-refractivity contribution in [3.63, 3.8) is 0 Å². The number of hydrogen-bond acceptors (Lipinski definition) is 5. The van der Waals surface area contributed by atoms with Crippen molar-refractivity contribution in [1.82, 2.24) is 14.5 Å². The molecule has 1 rings (SSSR count). The largest absolute Gasteiger partial charge is 0.481 e. The van der Waals surface area contributed by atoms with Crippen LogP contribution in [-0.4, -0.2) is 85.9 Å². The summed E-state index contributed by atoms with van der Waals surface area (Å²) in [6.07, 6.45) is 0.359. The number of nitrogens with one attached hydrogen (secondary N) is 1. The molecule has 1 heterocycles. The molecule has 0 radical (unpaired) electrons. The molecule has 0 aliphatic carbocycles. The molecule has 0 bridgehead atoms. The van der Waals surface area contributed by atoms with Gasteiger partial charge < -0.3 is 20.1 Å². The first-order chi connectivity index (χ1) is 11.2. The average Bonchev–Trinajstić information content (AvgIpc) is 2.50. The zero-order valence-corrected chi connectivity index (χ0v) is 15.0. The van der Waals surface area contributed by atoms with Gasteiger partial charge in [-0.2, -0.15) is 4.31 Å². The molecule has 2 N–H and O–H groups in total. The predicted molar refractivity (Wildman–Crippen MR) is 88.3 cm³/mol. The highest BCUT2D eigenvalue weighted by molar-refractivity contribution is 7.89. The number of piperazine rings is 1. The molecule has 0 spiro atoms. The van der Waals surface area contributed by atoms with Crippen molar-refractivity contribution in [2.45, 2.75) is 32.8 Å². The van der Waals surface area contributed by atoms with E-state index >= 15 is 0 Å². The molecule has 0 aromatic rings. The van der Waals surface area contributed by atoms with E-state index < -0.39 is 16.0 Å². The van der Waals surface area contributed by atoms with Gasteiger partial charge in [0.15, 0.2) is 0 Å². The molecule has 1 aliphatic rings. The van der Waals surface area contributed by atoms with Crippen LogP contribution in [-0.2, 0) is 19.6 Å². The minimum absolute atomic E-state index is 0.00471. The monoisotopic (exact) mass is 365 g/mol. The van der Waals surface area contributed by atoms with E-state index in [4.69, 9.17) is 9.84 Å². The van der Waals surface area contributed by atoms with Crippen LogP contribution in [0.4, 0.5) is 4.79 Å². The number of urea groups is 1. The second kappa shape index (κ2) is 9.80. The van der Waals surface area contributed by atoms with Crippen LogP contribution in [0, 0.1) is 0 Å². The molecule has 0 aromatic heterocycles. The number of carbonyl (C=O) groups is 2. The van der Waals surface area contributed by atoms with Crippen molar-refractivity contribution in [1.29, 1.82) is 0 Å². The third-order valence-electron chi connectivity index (χ3n) is 3.56. The van der Waals surface area contributed by atoms with Crippen LogP contribution in [0.1, 0.15) is 26.7 Å². The molecule has 2 amide bonds. The Morgan fingerprint density at radius 2 is 1.83 bits per heavy atom. The number of aliphatic carboxylic acids is 1. The fourth-order valence-electron chi connectivity index (χ4n) is 2.23. The van der Waals surface area contributed by atoms with Gasteiger partial charge in [0.05, 0.1) is 18.5 Å². The minimum atomic E-state index is -3.37. The normalized spacial score (nSPS) is 16.4. The van der Waals surface area contributed by atoms with Crippen LogP contribution in [0.25, 0.3) is 0 Å². The maximum Gasteiger partial charge on any atom is 0.317 e. The van der Waals surface area contributed by atoms with E-state index in [9.17, 15) is 18.0 Å². The fourth-order valence-corrected chi connectivity index (χ4v) is 3.52. The molecule has 0 saturated carbocycles. The zero-order chi connectivity index (χ0) is 18.2. The molecule has 1 aliphatic heterocycles. The van der Waals surface area contributed by atoms with Crippen molar-refractivity contribution in [2.75, 3.05) is 45.1 Å². The van der Waals surface area contributed by atoms with Crippen LogP contribution in [0.5, 0.6) is 0 Å². The highest BCUT2D eigenvalue weighted by atomic mass is 32.2. The third-order valence-corrected chi connectivity index (χ3v) is 5.39. The van der Waals surface area contributed by atoms with Gasteiger partial charge in [0.1, 0.15) is 0 Å². The van der Waals surface area contributed by atoms with Crippen molar-refractivity contribution in [3.05, 3.63) is 0 Å². The lowest BCUT2D eigenvalue weighted by Crippen LogP contribution is -2.53. The number of rotatable bonds is 9. The number of sulfonamides is 1. The number of carbonyl (C=O) groups excluding carboxylic acids is 1. The lowest BCUT2D eigenvalue weighted by Gasteiger charge is -2.34. The van der Waals surface area contributed by atoms with Crippen LogP contribution in [0.2, 0.25) is 0 Å².